The smallest absolute Gasteiger partial charge is 0.407 e. The van der Waals surface area contributed by atoms with E-state index in [0.29, 0.717) is 18.6 Å². The molecule has 1 amide bonds. The van der Waals surface area contributed by atoms with E-state index in [1.807, 2.05) is 0 Å². The van der Waals surface area contributed by atoms with Crippen molar-refractivity contribution in [2.45, 2.75) is 44.6 Å². The highest BCUT2D eigenvalue weighted by molar-refractivity contribution is 5.68. The Morgan fingerprint density at radius 1 is 1.15 bits per heavy atom. The highest BCUT2D eigenvalue weighted by Crippen LogP contribution is 2.28. The SMILES string of the molecule is O=C1NC(C2CCCCC2)CCO1. The average molecular weight is 183 g/mol. The summed E-state index contributed by atoms with van der Waals surface area (Å²) < 4.78 is 4.85. The number of cyclic esters (lactones) is 1. The lowest BCUT2D eigenvalue weighted by atomic mass is 9.82. The van der Waals surface area contributed by atoms with Crippen molar-refractivity contribution in [2.24, 2.45) is 5.92 Å². The number of hydrogen-bond donors (Lipinski definition) is 1. The third-order valence-corrected chi connectivity index (χ3v) is 3.18. The van der Waals surface area contributed by atoms with Crippen LogP contribution in [0.25, 0.3) is 0 Å². The summed E-state index contributed by atoms with van der Waals surface area (Å²) in [7, 11) is 0. The molecule has 0 aromatic rings. The van der Waals surface area contributed by atoms with Crippen LogP contribution in [-0.4, -0.2) is 18.7 Å². The Kier molecular flexibility index (Phi) is 2.71. The minimum absolute atomic E-state index is 0.221. The van der Waals surface area contributed by atoms with Crippen LogP contribution in [0.4, 0.5) is 4.79 Å². The molecule has 2 aliphatic rings. The largest absolute Gasteiger partial charge is 0.449 e. The third-order valence-electron chi connectivity index (χ3n) is 3.18. The monoisotopic (exact) mass is 183 g/mol. The van der Waals surface area contributed by atoms with Crippen molar-refractivity contribution in [1.82, 2.24) is 5.32 Å². The third kappa shape index (κ3) is 2.14. The van der Waals surface area contributed by atoms with E-state index < -0.39 is 0 Å². The van der Waals surface area contributed by atoms with Gasteiger partial charge in [0.1, 0.15) is 0 Å². The van der Waals surface area contributed by atoms with E-state index in [4.69, 9.17) is 4.74 Å². The zero-order chi connectivity index (χ0) is 9.10. The number of alkyl carbamates (subject to hydrolysis) is 1. The van der Waals surface area contributed by atoms with Gasteiger partial charge in [0.05, 0.1) is 6.61 Å². The Labute approximate surface area is 78.8 Å². The number of carbonyl (C=O) groups is 1. The number of carbonyl (C=O) groups excluding carboxylic acids is 1. The second kappa shape index (κ2) is 3.99. The highest BCUT2D eigenvalue weighted by atomic mass is 16.5. The topological polar surface area (TPSA) is 38.3 Å². The van der Waals surface area contributed by atoms with Gasteiger partial charge < -0.3 is 10.1 Å². The summed E-state index contributed by atoms with van der Waals surface area (Å²) in [6, 6.07) is 0.390. The minimum Gasteiger partial charge on any atom is -0.449 e. The van der Waals surface area contributed by atoms with Gasteiger partial charge in [-0.05, 0) is 18.8 Å². The fourth-order valence-corrected chi connectivity index (χ4v) is 2.43. The summed E-state index contributed by atoms with van der Waals surface area (Å²) in [6.45, 7) is 0.604. The summed E-state index contributed by atoms with van der Waals surface area (Å²) in [5.74, 6) is 0.710. The second-order valence-electron chi connectivity index (χ2n) is 4.07. The second-order valence-corrected chi connectivity index (χ2v) is 4.07. The molecule has 1 N–H and O–H groups in total. The van der Waals surface area contributed by atoms with E-state index in [1.54, 1.807) is 0 Å². The van der Waals surface area contributed by atoms with Crippen molar-refractivity contribution < 1.29 is 9.53 Å². The molecule has 3 nitrogen and oxygen atoms in total. The van der Waals surface area contributed by atoms with Gasteiger partial charge in [-0.1, -0.05) is 19.3 Å². The predicted molar refractivity (Wildman–Crippen MR) is 49.5 cm³/mol. The van der Waals surface area contributed by atoms with E-state index in [9.17, 15) is 4.79 Å². The van der Waals surface area contributed by atoms with Crippen LogP contribution < -0.4 is 5.32 Å². The molecule has 1 saturated carbocycles. The molecule has 0 aromatic carbocycles. The van der Waals surface area contributed by atoms with Crippen LogP contribution in [0.3, 0.4) is 0 Å². The number of ether oxygens (including phenoxy) is 1. The molecule has 1 unspecified atom stereocenters. The van der Waals surface area contributed by atoms with Gasteiger partial charge in [0.25, 0.3) is 0 Å². The standard InChI is InChI=1S/C10H17NO2/c12-10-11-9(6-7-13-10)8-4-2-1-3-5-8/h8-9H,1-7H2,(H,11,12). The van der Waals surface area contributed by atoms with Gasteiger partial charge in [-0.15, -0.1) is 0 Å². The average Bonchev–Trinajstić information content (AvgIpc) is 2.19. The van der Waals surface area contributed by atoms with Crippen molar-refractivity contribution in [1.29, 1.82) is 0 Å². The fourth-order valence-electron chi connectivity index (χ4n) is 2.43. The lowest BCUT2D eigenvalue weighted by Gasteiger charge is -2.33. The first kappa shape index (κ1) is 8.85. The van der Waals surface area contributed by atoms with E-state index >= 15 is 0 Å². The zero-order valence-corrected chi connectivity index (χ0v) is 7.92. The Balaban J connectivity index is 1.87. The predicted octanol–water partition coefficient (Wildman–Crippen LogP) is 2.07. The van der Waals surface area contributed by atoms with Crippen molar-refractivity contribution >= 4 is 6.09 Å². The highest BCUT2D eigenvalue weighted by Gasteiger charge is 2.28. The van der Waals surface area contributed by atoms with Gasteiger partial charge in [0.2, 0.25) is 0 Å². The molecule has 1 saturated heterocycles. The van der Waals surface area contributed by atoms with Crippen molar-refractivity contribution in [3.63, 3.8) is 0 Å². The maximum absolute atomic E-state index is 11.0. The molecule has 0 bridgehead atoms. The molecule has 0 radical (unpaired) electrons. The summed E-state index contributed by atoms with van der Waals surface area (Å²) in [5, 5.41) is 2.92. The minimum atomic E-state index is -0.221. The zero-order valence-electron chi connectivity index (χ0n) is 7.92. The van der Waals surface area contributed by atoms with Gasteiger partial charge in [-0.2, -0.15) is 0 Å². The molecule has 74 valence electrons. The van der Waals surface area contributed by atoms with Gasteiger partial charge in [0.15, 0.2) is 0 Å². The van der Waals surface area contributed by atoms with Crippen LogP contribution in [0.15, 0.2) is 0 Å². The van der Waals surface area contributed by atoms with Gasteiger partial charge in [-0.3, -0.25) is 0 Å². The normalized spacial score (nSPS) is 30.8. The Morgan fingerprint density at radius 2 is 1.92 bits per heavy atom. The van der Waals surface area contributed by atoms with Crippen LogP contribution >= 0.6 is 0 Å². The number of amides is 1. The molecule has 1 heterocycles. The number of nitrogens with one attached hydrogen (secondary N) is 1. The molecule has 3 heteroatoms. The molecule has 1 aliphatic heterocycles. The summed E-state index contributed by atoms with van der Waals surface area (Å²) in [5.41, 5.74) is 0. The first-order chi connectivity index (χ1) is 6.36. The molecular formula is C10H17NO2. The molecule has 13 heavy (non-hydrogen) atoms. The maximum atomic E-state index is 11.0. The van der Waals surface area contributed by atoms with Gasteiger partial charge in [-0.25, -0.2) is 4.79 Å². The van der Waals surface area contributed by atoms with E-state index in [0.717, 1.165) is 6.42 Å². The molecule has 2 rings (SSSR count). The maximum Gasteiger partial charge on any atom is 0.407 e. The quantitative estimate of drug-likeness (QED) is 0.675. The first-order valence-electron chi connectivity index (χ1n) is 5.29. The van der Waals surface area contributed by atoms with Crippen LogP contribution in [0.2, 0.25) is 0 Å². The molecule has 0 spiro atoms. The first-order valence-corrected chi connectivity index (χ1v) is 5.29. The van der Waals surface area contributed by atoms with Crippen LogP contribution in [0, 0.1) is 5.92 Å². The summed E-state index contributed by atoms with van der Waals surface area (Å²) in [4.78, 5) is 11.0. The lowest BCUT2D eigenvalue weighted by Crippen LogP contribution is -2.46. The fraction of sp³-hybridized carbons (Fsp3) is 0.900. The Morgan fingerprint density at radius 3 is 2.62 bits per heavy atom. The van der Waals surface area contributed by atoms with Crippen molar-refractivity contribution in [3.8, 4) is 0 Å². The molecule has 0 aromatic heterocycles. The molecular weight excluding hydrogens is 166 g/mol. The van der Waals surface area contributed by atoms with E-state index in [1.165, 1.54) is 32.1 Å². The van der Waals surface area contributed by atoms with Gasteiger partial charge in [0, 0.05) is 12.5 Å². The van der Waals surface area contributed by atoms with Crippen molar-refractivity contribution in [2.75, 3.05) is 6.61 Å². The molecule has 1 atom stereocenters. The Hall–Kier alpha value is -0.730. The van der Waals surface area contributed by atoms with E-state index in [-0.39, 0.29) is 6.09 Å². The van der Waals surface area contributed by atoms with Crippen LogP contribution in [0.1, 0.15) is 38.5 Å². The summed E-state index contributed by atoms with van der Waals surface area (Å²) in [6.07, 6.45) is 7.37. The number of rotatable bonds is 1. The number of hydrogen-bond acceptors (Lipinski definition) is 2. The van der Waals surface area contributed by atoms with E-state index in [2.05, 4.69) is 5.32 Å². The van der Waals surface area contributed by atoms with Crippen LogP contribution in [-0.2, 0) is 4.74 Å². The Bertz CT molecular complexity index is 187. The molecule has 1 aliphatic carbocycles. The van der Waals surface area contributed by atoms with Crippen molar-refractivity contribution in [3.05, 3.63) is 0 Å². The van der Waals surface area contributed by atoms with Crippen LogP contribution in [0.5, 0.6) is 0 Å². The summed E-state index contributed by atoms with van der Waals surface area (Å²) >= 11 is 0. The lowest BCUT2D eigenvalue weighted by molar-refractivity contribution is 0.0974. The van der Waals surface area contributed by atoms with Gasteiger partial charge >= 0.3 is 6.09 Å². The molecule has 2 fully saturated rings.